The Bertz CT molecular complexity index is 956. The van der Waals surface area contributed by atoms with E-state index in [0.717, 1.165) is 40.3 Å². The molecule has 4 N–H and O–H groups in total. The van der Waals surface area contributed by atoms with Gasteiger partial charge in [0.2, 0.25) is 5.91 Å². The van der Waals surface area contributed by atoms with Crippen LogP contribution in [0.1, 0.15) is 25.3 Å². The van der Waals surface area contributed by atoms with Gasteiger partial charge in [0, 0.05) is 42.2 Å². The molecule has 1 saturated heterocycles. The van der Waals surface area contributed by atoms with Crippen LogP contribution in [0.4, 0.5) is 5.82 Å². The largest absolute Gasteiger partial charge is 0.382 e. The Balaban J connectivity index is 1.76. The number of hydrogen-bond donors (Lipinski definition) is 3. The molecular weight excluding hydrogens is 350 g/mol. The Kier molecular flexibility index (Phi) is 4.52. The third-order valence-electron chi connectivity index (χ3n) is 4.76. The first-order valence-electron chi connectivity index (χ1n) is 8.89. The van der Waals surface area contributed by atoms with Gasteiger partial charge in [-0.05, 0) is 24.5 Å². The summed E-state index contributed by atoms with van der Waals surface area (Å²) in [6.07, 6.45) is 4.08. The smallest absolute Gasteiger partial charge is 0.235 e. The summed E-state index contributed by atoms with van der Waals surface area (Å²) in [7, 11) is 0. The van der Waals surface area contributed by atoms with E-state index in [-0.39, 0.29) is 0 Å². The minimum absolute atomic E-state index is 0.360. The molecule has 1 aromatic carbocycles. The second-order valence-corrected chi connectivity index (χ2v) is 7.78. The maximum absolute atomic E-state index is 10.0. The van der Waals surface area contributed by atoms with Crippen molar-refractivity contribution in [3.05, 3.63) is 30.0 Å². The first kappa shape index (κ1) is 17.5. The first-order chi connectivity index (χ1) is 12.5. The van der Waals surface area contributed by atoms with Crippen molar-refractivity contribution < 1.29 is 10.2 Å². The van der Waals surface area contributed by atoms with E-state index in [0.29, 0.717) is 31.0 Å². The van der Waals surface area contributed by atoms with Crippen LogP contribution in [0.15, 0.2) is 24.4 Å². The van der Waals surface area contributed by atoms with Gasteiger partial charge in [0.05, 0.1) is 5.52 Å². The van der Waals surface area contributed by atoms with E-state index in [1.54, 1.807) is 4.31 Å². The summed E-state index contributed by atoms with van der Waals surface area (Å²) >= 11 is 1.47. The molecule has 0 spiro atoms. The maximum atomic E-state index is 10.0. The zero-order chi connectivity index (χ0) is 18.3. The highest BCUT2D eigenvalue weighted by atomic mass is 32.2. The van der Waals surface area contributed by atoms with E-state index in [1.165, 1.54) is 11.9 Å². The van der Waals surface area contributed by atoms with Crippen LogP contribution in [-0.4, -0.2) is 47.5 Å². The normalized spacial score (nSPS) is 17.5. The van der Waals surface area contributed by atoms with Gasteiger partial charge in [-0.25, -0.2) is 4.98 Å². The average Bonchev–Trinajstić information content (AvgIpc) is 3.16. The first-order valence-corrected chi connectivity index (χ1v) is 9.83. The SMILES string of the molecule is CCCn1cc2c(n1)c(N)nc1cccc(CCN3SCCC3(O)O)c12. The van der Waals surface area contributed by atoms with E-state index in [4.69, 9.17) is 5.73 Å². The van der Waals surface area contributed by atoms with Gasteiger partial charge in [-0.1, -0.05) is 31.0 Å². The molecule has 4 rings (SSSR count). The predicted octanol–water partition coefficient (Wildman–Crippen LogP) is 2.11. The molecule has 0 atom stereocenters. The lowest BCUT2D eigenvalue weighted by molar-refractivity contribution is -0.223. The highest BCUT2D eigenvalue weighted by Crippen LogP contribution is 2.34. The molecule has 1 fully saturated rings. The van der Waals surface area contributed by atoms with Gasteiger partial charge in [-0.3, -0.25) is 4.68 Å². The number of fused-ring (bicyclic) bond motifs is 3. The summed E-state index contributed by atoms with van der Waals surface area (Å²) in [4.78, 5) is 4.53. The number of nitrogens with zero attached hydrogens (tertiary/aromatic N) is 4. The van der Waals surface area contributed by atoms with Crippen molar-refractivity contribution in [2.24, 2.45) is 0 Å². The number of aromatic nitrogens is 3. The summed E-state index contributed by atoms with van der Waals surface area (Å²) in [6.45, 7) is 3.49. The summed E-state index contributed by atoms with van der Waals surface area (Å²) in [5.74, 6) is -0.562. The molecule has 3 aromatic rings. The van der Waals surface area contributed by atoms with E-state index in [1.807, 2.05) is 23.0 Å². The molecule has 138 valence electrons. The molecule has 26 heavy (non-hydrogen) atoms. The number of aryl methyl sites for hydroxylation is 1. The van der Waals surface area contributed by atoms with Gasteiger partial charge >= 0.3 is 0 Å². The average molecular weight is 373 g/mol. The maximum Gasteiger partial charge on any atom is 0.235 e. The van der Waals surface area contributed by atoms with Crippen molar-refractivity contribution in [3.63, 3.8) is 0 Å². The summed E-state index contributed by atoms with van der Waals surface area (Å²) in [5.41, 5.74) is 8.81. The fourth-order valence-corrected chi connectivity index (χ4v) is 4.61. The van der Waals surface area contributed by atoms with Crippen LogP contribution in [0.5, 0.6) is 0 Å². The Morgan fingerprint density at radius 3 is 2.88 bits per heavy atom. The Morgan fingerprint density at radius 1 is 1.31 bits per heavy atom. The van der Waals surface area contributed by atoms with Crippen LogP contribution in [-0.2, 0) is 13.0 Å². The standard InChI is InChI=1S/C18H23N5O2S/c1-2-8-22-11-13-15-12(6-9-23-18(24,25)7-10-26-23)4-3-5-14(15)20-17(19)16(13)21-22/h3-5,11,24-25H,2,6-10H2,1H3,(H2,19,20). The Morgan fingerprint density at radius 2 is 2.15 bits per heavy atom. The molecule has 0 aliphatic carbocycles. The summed E-state index contributed by atoms with van der Waals surface area (Å²) in [6, 6.07) is 5.99. The van der Waals surface area contributed by atoms with E-state index in [9.17, 15) is 10.2 Å². The predicted molar refractivity (Wildman–Crippen MR) is 104 cm³/mol. The third kappa shape index (κ3) is 3.03. The molecule has 2 aromatic heterocycles. The van der Waals surface area contributed by atoms with Gasteiger partial charge in [0.25, 0.3) is 0 Å². The van der Waals surface area contributed by atoms with Crippen molar-refractivity contribution in [1.82, 2.24) is 19.1 Å². The fourth-order valence-electron chi connectivity index (χ4n) is 3.51. The molecule has 1 aliphatic rings. The molecule has 1 aliphatic heterocycles. The molecule has 0 saturated carbocycles. The highest BCUT2D eigenvalue weighted by Gasteiger charge is 2.37. The van der Waals surface area contributed by atoms with Gasteiger partial charge in [-0.2, -0.15) is 9.40 Å². The number of nitrogens with two attached hydrogens (primary N) is 1. The minimum atomic E-state index is -1.72. The van der Waals surface area contributed by atoms with Crippen LogP contribution in [0.3, 0.4) is 0 Å². The van der Waals surface area contributed by atoms with Crippen LogP contribution in [0, 0.1) is 0 Å². The topological polar surface area (TPSA) is 100 Å². The molecule has 3 heterocycles. The van der Waals surface area contributed by atoms with E-state index >= 15 is 0 Å². The van der Waals surface area contributed by atoms with Crippen molar-refractivity contribution in [1.29, 1.82) is 0 Å². The highest BCUT2D eigenvalue weighted by molar-refractivity contribution is 7.97. The number of benzene rings is 1. The van der Waals surface area contributed by atoms with Crippen molar-refractivity contribution in [3.8, 4) is 0 Å². The lowest BCUT2D eigenvalue weighted by Crippen LogP contribution is -2.41. The van der Waals surface area contributed by atoms with Crippen molar-refractivity contribution in [2.75, 3.05) is 18.0 Å². The number of hydrogen-bond acceptors (Lipinski definition) is 7. The molecule has 0 bridgehead atoms. The number of aliphatic hydroxyl groups is 2. The van der Waals surface area contributed by atoms with Crippen molar-refractivity contribution >= 4 is 39.6 Å². The molecule has 0 radical (unpaired) electrons. The zero-order valence-corrected chi connectivity index (χ0v) is 15.5. The molecular formula is C18H23N5O2S. The van der Waals surface area contributed by atoms with Crippen LogP contribution in [0.2, 0.25) is 0 Å². The molecule has 0 amide bonds. The van der Waals surface area contributed by atoms with Crippen LogP contribution in [0.25, 0.3) is 21.8 Å². The number of pyridine rings is 1. The van der Waals surface area contributed by atoms with Gasteiger partial charge in [-0.15, -0.1) is 0 Å². The van der Waals surface area contributed by atoms with Crippen LogP contribution < -0.4 is 5.73 Å². The quantitative estimate of drug-likeness (QED) is 0.465. The fraction of sp³-hybridized carbons (Fsp3) is 0.444. The summed E-state index contributed by atoms with van der Waals surface area (Å²) in [5, 5.41) is 26.7. The number of anilines is 1. The second-order valence-electron chi connectivity index (χ2n) is 6.67. The lowest BCUT2D eigenvalue weighted by Gasteiger charge is -2.26. The van der Waals surface area contributed by atoms with Gasteiger partial charge in [0.1, 0.15) is 5.52 Å². The number of rotatable bonds is 5. The lowest BCUT2D eigenvalue weighted by atomic mass is 10.0. The van der Waals surface area contributed by atoms with Crippen LogP contribution >= 0.6 is 11.9 Å². The molecule has 8 heteroatoms. The third-order valence-corrected chi connectivity index (χ3v) is 5.94. The van der Waals surface area contributed by atoms with Crippen molar-refractivity contribution in [2.45, 2.75) is 38.6 Å². The zero-order valence-electron chi connectivity index (χ0n) is 14.7. The number of nitrogen functional groups attached to an aromatic ring is 1. The van der Waals surface area contributed by atoms with E-state index < -0.39 is 5.91 Å². The minimum Gasteiger partial charge on any atom is -0.382 e. The monoisotopic (exact) mass is 373 g/mol. The molecule has 0 unspecified atom stereocenters. The second kappa shape index (κ2) is 6.70. The van der Waals surface area contributed by atoms with E-state index in [2.05, 4.69) is 23.1 Å². The Hall–Kier alpha value is -1.87. The summed E-state index contributed by atoms with van der Waals surface area (Å²) < 4.78 is 3.57. The van der Waals surface area contributed by atoms with Gasteiger partial charge < -0.3 is 15.9 Å². The molecule has 7 nitrogen and oxygen atoms in total. The Labute approximate surface area is 155 Å². The van der Waals surface area contributed by atoms with Gasteiger partial charge in [0.15, 0.2) is 5.82 Å².